The lowest BCUT2D eigenvalue weighted by Gasteiger charge is -2.22. The van der Waals surface area contributed by atoms with Crippen molar-refractivity contribution in [3.8, 4) is 11.5 Å². The third-order valence-electron chi connectivity index (χ3n) is 5.49. The molecule has 4 aromatic rings. The first-order valence-corrected chi connectivity index (χ1v) is 11.0. The zero-order valence-corrected chi connectivity index (χ0v) is 17.6. The Morgan fingerprint density at radius 2 is 2.00 bits per heavy atom. The SMILES string of the molecule is Cc1ccc(-c2nnc(CCC(=O)N3CCC[C@@H]3c3nc4ccccc4s3)o2)cc1. The second-order valence-corrected chi connectivity index (χ2v) is 8.69. The fraction of sp³-hybridized carbons (Fsp3) is 0.304. The molecule has 0 radical (unpaired) electrons. The van der Waals surface area contributed by atoms with Gasteiger partial charge in [0.1, 0.15) is 5.01 Å². The van der Waals surface area contributed by atoms with Crippen LogP contribution in [0.25, 0.3) is 21.7 Å². The summed E-state index contributed by atoms with van der Waals surface area (Å²) < 4.78 is 6.94. The standard InChI is InChI=1S/C23H22N4O2S/c1-15-8-10-16(11-9-15)22-26-25-20(29-22)12-13-21(28)27-14-4-6-18(27)23-24-17-5-2-3-7-19(17)30-23/h2-3,5,7-11,18H,4,6,12-14H2,1H3/t18-/m1/s1. The Morgan fingerprint density at radius 1 is 1.17 bits per heavy atom. The molecule has 0 unspecified atom stereocenters. The fourth-order valence-electron chi connectivity index (χ4n) is 3.88. The van der Waals surface area contributed by atoms with Crippen molar-refractivity contribution in [2.24, 2.45) is 0 Å². The first-order chi connectivity index (χ1) is 14.7. The predicted molar refractivity (Wildman–Crippen MR) is 116 cm³/mol. The Balaban J connectivity index is 1.25. The number of amides is 1. The molecule has 1 amide bonds. The zero-order valence-electron chi connectivity index (χ0n) is 16.7. The Morgan fingerprint density at radius 3 is 2.83 bits per heavy atom. The van der Waals surface area contributed by atoms with Crippen molar-refractivity contribution in [1.29, 1.82) is 0 Å². The lowest BCUT2D eigenvalue weighted by molar-refractivity contribution is -0.132. The first kappa shape index (κ1) is 18.9. The number of carbonyl (C=O) groups is 1. The van der Waals surface area contributed by atoms with Gasteiger partial charge in [0, 0.05) is 24.9 Å². The van der Waals surface area contributed by atoms with E-state index in [0.717, 1.165) is 35.5 Å². The van der Waals surface area contributed by atoms with Gasteiger partial charge in [0.2, 0.25) is 17.7 Å². The third kappa shape index (κ3) is 3.73. The molecule has 30 heavy (non-hydrogen) atoms. The van der Waals surface area contributed by atoms with Crippen LogP contribution < -0.4 is 0 Å². The fourth-order valence-corrected chi connectivity index (χ4v) is 4.99. The molecule has 0 saturated carbocycles. The van der Waals surface area contributed by atoms with Gasteiger partial charge < -0.3 is 9.32 Å². The second-order valence-electron chi connectivity index (χ2n) is 7.63. The number of fused-ring (bicyclic) bond motifs is 1. The summed E-state index contributed by atoms with van der Waals surface area (Å²) in [5.74, 6) is 1.10. The number of likely N-dealkylation sites (tertiary alicyclic amines) is 1. The van der Waals surface area contributed by atoms with Gasteiger partial charge in [-0.1, -0.05) is 29.8 Å². The van der Waals surface area contributed by atoms with Gasteiger partial charge in [-0.2, -0.15) is 0 Å². The lowest BCUT2D eigenvalue weighted by atomic mass is 10.1. The molecule has 7 heteroatoms. The van der Waals surface area contributed by atoms with Gasteiger partial charge in [-0.05, 0) is 44.0 Å². The number of aryl methyl sites for hydroxylation is 2. The maximum absolute atomic E-state index is 12.9. The number of nitrogens with zero attached hydrogens (tertiary/aromatic N) is 4. The van der Waals surface area contributed by atoms with Crippen molar-refractivity contribution < 1.29 is 9.21 Å². The van der Waals surface area contributed by atoms with Crippen LogP contribution >= 0.6 is 11.3 Å². The largest absolute Gasteiger partial charge is 0.421 e. The number of thiazole rings is 1. The highest BCUT2D eigenvalue weighted by atomic mass is 32.1. The van der Waals surface area contributed by atoms with Gasteiger partial charge in [0.05, 0.1) is 16.3 Å². The van der Waals surface area contributed by atoms with Gasteiger partial charge in [0.25, 0.3) is 0 Å². The zero-order chi connectivity index (χ0) is 20.5. The van der Waals surface area contributed by atoms with Gasteiger partial charge in [0.15, 0.2) is 0 Å². The number of para-hydroxylation sites is 1. The summed E-state index contributed by atoms with van der Waals surface area (Å²) in [4.78, 5) is 19.7. The van der Waals surface area contributed by atoms with Crippen LogP contribution in [0.5, 0.6) is 0 Å². The minimum atomic E-state index is 0.0701. The van der Waals surface area contributed by atoms with E-state index < -0.39 is 0 Å². The van der Waals surface area contributed by atoms with Crippen molar-refractivity contribution in [3.05, 3.63) is 65.0 Å². The maximum atomic E-state index is 12.9. The molecule has 0 bridgehead atoms. The van der Waals surface area contributed by atoms with Crippen molar-refractivity contribution >= 4 is 27.5 Å². The van der Waals surface area contributed by atoms with Gasteiger partial charge in [-0.25, -0.2) is 4.98 Å². The van der Waals surface area contributed by atoms with Crippen LogP contribution in [0.4, 0.5) is 0 Å². The molecule has 2 aromatic heterocycles. The van der Waals surface area contributed by atoms with Crippen LogP contribution in [0.2, 0.25) is 0 Å². The molecule has 3 heterocycles. The average molecular weight is 419 g/mol. The number of hydrogen-bond donors (Lipinski definition) is 0. The van der Waals surface area contributed by atoms with Gasteiger partial charge in [-0.3, -0.25) is 4.79 Å². The maximum Gasteiger partial charge on any atom is 0.247 e. The highest BCUT2D eigenvalue weighted by molar-refractivity contribution is 7.18. The van der Waals surface area contributed by atoms with Crippen molar-refractivity contribution in [1.82, 2.24) is 20.1 Å². The van der Waals surface area contributed by atoms with E-state index in [1.54, 1.807) is 11.3 Å². The van der Waals surface area contributed by atoms with Crippen LogP contribution in [0, 0.1) is 6.92 Å². The average Bonchev–Trinajstić information content (AvgIpc) is 3.51. The van der Waals surface area contributed by atoms with E-state index in [1.807, 2.05) is 54.3 Å². The molecule has 0 N–H and O–H groups in total. The molecule has 0 aliphatic carbocycles. The minimum absolute atomic E-state index is 0.0701. The molecule has 1 fully saturated rings. The first-order valence-electron chi connectivity index (χ1n) is 10.2. The van der Waals surface area contributed by atoms with E-state index in [9.17, 15) is 4.79 Å². The van der Waals surface area contributed by atoms with Crippen LogP contribution in [-0.4, -0.2) is 32.5 Å². The summed E-state index contributed by atoms with van der Waals surface area (Å²) >= 11 is 1.69. The molecule has 0 spiro atoms. The summed E-state index contributed by atoms with van der Waals surface area (Å²) in [7, 11) is 0. The highest BCUT2D eigenvalue weighted by Gasteiger charge is 2.32. The highest BCUT2D eigenvalue weighted by Crippen LogP contribution is 2.36. The van der Waals surface area contributed by atoms with Crippen LogP contribution in [0.3, 0.4) is 0 Å². The summed E-state index contributed by atoms with van der Waals surface area (Å²) in [5, 5.41) is 9.28. The topological polar surface area (TPSA) is 72.1 Å². The quantitative estimate of drug-likeness (QED) is 0.458. The predicted octanol–water partition coefficient (Wildman–Crippen LogP) is 4.95. The van der Waals surface area contributed by atoms with E-state index >= 15 is 0 Å². The van der Waals surface area contributed by atoms with Gasteiger partial charge in [-0.15, -0.1) is 21.5 Å². The van der Waals surface area contributed by atoms with E-state index in [-0.39, 0.29) is 11.9 Å². The van der Waals surface area contributed by atoms with E-state index in [2.05, 4.69) is 16.3 Å². The molecule has 1 aliphatic rings. The summed E-state index contributed by atoms with van der Waals surface area (Å²) in [5.41, 5.74) is 3.07. The molecular weight excluding hydrogens is 396 g/mol. The minimum Gasteiger partial charge on any atom is -0.421 e. The number of hydrogen-bond acceptors (Lipinski definition) is 6. The van der Waals surface area contributed by atoms with E-state index in [1.165, 1.54) is 10.3 Å². The van der Waals surface area contributed by atoms with Crippen LogP contribution in [-0.2, 0) is 11.2 Å². The molecular formula is C23H22N4O2S. The third-order valence-corrected chi connectivity index (χ3v) is 6.62. The normalized spacial score (nSPS) is 16.4. The Kier molecular flexibility index (Phi) is 5.04. The second kappa shape index (κ2) is 7.99. The molecule has 5 rings (SSSR count). The monoisotopic (exact) mass is 418 g/mol. The number of benzene rings is 2. The van der Waals surface area contributed by atoms with Crippen LogP contribution in [0.1, 0.15) is 41.8 Å². The summed E-state index contributed by atoms with van der Waals surface area (Å²) in [6, 6.07) is 16.2. The van der Waals surface area contributed by atoms with Crippen molar-refractivity contribution in [3.63, 3.8) is 0 Å². The summed E-state index contributed by atoms with van der Waals surface area (Å²) in [6.07, 6.45) is 2.77. The number of carbonyl (C=O) groups excluding carboxylic acids is 1. The molecule has 1 saturated heterocycles. The number of rotatable bonds is 5. The van der Waals surface area contributed by atoms with E-state index in [4.69, 9.17) is 9.40 Å². The molecule has 6 nitrogen and oxygen atoms in total. The summed E-state index contributed by atoms with van der Waals surface area (Å²) in [6.45, 7) is 2.81. The molecule has 1 atom stereocenters. The Labute approximate surface area is 178 Å². The molecule has 152 valence electrons. The molecule has 1 aliphatic heterocycles. The van der Waals surface area contributed by atoms with Crippen molar-refractivity contribution in [2.45, 2.75) is 38.6 Å². The lowest BCUT2D eigenvalue weighted by Crippen LogP contribution is -2.30. The Bertz CT molecular complexity index is 1150. The molecule has 2 aromatic carbocycles. The van der Waals surface area contributed by atoms with Crippen LogP contribution in [0.15, 0.2) is 52.9 Å². The smallest absolute Gasteiger partial charge is 0.247 e. The number of aromatic nitrogens is 3. The Hall–Kier alpha value is -3.06. The van der Waals surface area contributed by atoms with Gasteiger partial charge >= 0.3 is 0 Å². The van der Waals surface area contributed by atoms with E-state index in [0.29, 0.717) is 24.6 Å². The van der Waals surface area contributed by atoms with Crippen molar-refractivity contribution in [2.75, 3.05) is 6.54 Å².